The van der Waals surface area contributed by atoms with Gasteiger partial charge in [0.25, 0.3) is 5.91 Å². The SMILES string of the molecule is Cc1cccc2sc(NC(=O)c3ccc(F)c(F)c3F)nc12. The van der Waals surface area contributed by atoms with Gasteiger partial charge in [-0.2, -0.15) is 0 Å². The molecule has 1 amide bonds. The third kappa shape index (κ3) is 2.43. The molecule has 0 spiro atoms. The summed E-state index contributed by atoms with van der Waals surface area (Å²) >= 11 is 1.21. The monoisotopic (exact) mass is 322 g/mol. The van der Waals surface area contributed by atoms with Gasteiger partial charge >= 0.3 is 0 Å². The van der Waals surface area contributed by atoms with Crippen LogP contribution in [0.15, 0.2) is 30.3 Å². The molecular weight excluding hydrogens is 313 g/mol. The Kier molecular flexibility index (Phi) is 3.58. The van der Waals surface area contributed by atoms with Crippen molar-refractivity contribution in [1.29, 1.82) is 0 Å². The fourth-order valence-corrected chi connectivity index (χ4v) is 2.94. The van der Waals surface area contributed by atoms with E-state index in [1.54, 1.807) is 0 Å². The quantitative estimate of drug-likeness (QED) is 0.716. The number of anilines is 1. The number of nitrogens with one attached hydrogen (secondary N) is 1. The van der Waals surface area contributed by atoms with Crippen LogP contribution in [0.1, 0.15) is 15.9 Å². The first-order valence-corrected chi connectivity index (χ1v) is 7.10. The molecule has 0 aliphatic rings. The van der Waals surface area contributed by atoms with E-state index in [4.69, 9.17) is 0 Å². The van der Waals surface area contributed by atoms with E-state index in [0.717, 1.165) is 21.8 Å². The molecule has 0 saturated carbocycles. The number of benzene rings is 2. The van der Waals surface area contributed by atoms with E-state index in [2.05, 4.69) is 10.3 Å². The van der Waals surface area contributed by atoms with Crippen LogP contribution in [-0.4, -0.2) is 10.9 Å². The highest BCUT2D eigenvalue weighted by atomic mass is 32.1. The average molecular weight is 322 g/mol. The van der Waals surface area contributed by atoms with Crippen molar-refractivity contribution < 1.29 is 18.0 Å². The van der Waals surface area contributed by atoms with Gasteiger partial charge in [-0.05, 0) is 30.7 Å². The van der Waals surface area contributed by atoms with Gasteiger partial charge in [-0.25, -0.2) is 18.2 Å². The molecule has 0 atom stereocenters. The van der Waals surface area contributed by atoms with E-state index < -0.39 is 28.9 Å². The minimum Gasteiger partial charge on any atom is -0.298 e. The molecule has 3 rings (SSSR count). The van der Waals surface area contributed by atoms with E-state index in [1.807, 2.05) is 25.1 Å². The van der Waals surface area contributed by atoms with Crippen molar-refractivity contribution >= 4 is 32.6 Å². The number of thiazole rings is 1. The number of nitrogens with zero attached hydrogens (tertiary/aromatic N) is 1. The number of rotatable bonds is 2. The third-order valence-electron chi connectivity index (χ3n) is 3.12. The van der Waals surface area contributed by atoms with E-state index in [9.17, 15) is 18.0 Å². The highest BCUT2D eigenvalue weighted by molar-refractivity contribution is 7.22. The lowest BCUT2D eigenvalue weighted by atomic mass is 10.2. The fourth-order valence-electron chi connectivity index (χ4n) is 2.01. The van der Waals surface area contributed by atoms with Crippen LogP contribution < -0.4 is 5.32 Å². The van der Waals surface area contributed by atoms with Crippen LogP contribution in [0.2, 0.25) is 0 Å². The first-order chi connectivity index (χ1) is 10.5. The number of fused-ring (bicyclic) bond motifs is 1. The molecule has 3 nitrogen and oxygen atoms in total. The first kappa shape index (κ1) is 14.5. The fraction of sp³-hybridized carbons (Fsp3) is 0.0667. The summed E-state index contributed by atoms with van der Waals surface area (Å²) in [5.41, 5.74) is 1.09. The van der Waals surface area contributed by atoms with Gasteiger partial charge in [0, 0.05) is 0 Å². The number of hydrogen-bond acceptors (Lipinski definition) is 3. The summed E-state index contributed by atoms with van der Waals surface area (Å²) in [6.45, 7) is 1.88. The van der Waals surface area contributed by atoms with Gasteiger partial charge < -0.3 is 0 Å². The summed E-state index contributed by atoms with van der Waals surface area (Å²) in [4.78, 5) is 16.2. The van der Waals surface area contributed by atoms with Gasteiger partial charge in [0.05, 0.1) is 15.8 Å². The molecule has 22 heavy (non-hydrogen) atoms. The van der Waals surface area contributed by atoms with Gasteiger partial charge in [-0.15, -0.1) is 0 Å². The van der Waals surface area contributed by atoms with Crippen LogP contribution in [0.25, 0.3) is 10.2 Å². The maximum absolute atomic E-state index is 13.6. The molecule has 0 saturated heterocycles. The molecule has 7 heteroatoms. The molecule has 0 bridgehead atoms. The van der Waals surface area contributed by atoms with Crippen molar-refractivity contribution in [1.82, 2.24) is 4.98 Å². The molecule has 1 N–H and O–H groups in total. The molecule has 0 radical (unpaired) electrons. The summed E-state index contributed by atoms with van der Waals surface area (Å²) in [6.07, 6.45) is 0. The Balaban J connectivity index is 1.93. The van der Waals surface area contributed by atoms with Crippen molar-refractivity contribution in [3.63, 3.8) is 0 Å². The summed E-state index contributed by atoms with van der Waals surface area (Å²) in [5.74, 6) is -5.42. The molecule has 0 aliphatic heterocycles. The second kappa shape index (κ2) is 5.42. The number of carbonyl (C=O) groups is 1. The van der Waals surface area contributed by atoms with Crippen molar-refractivity contribution in [2.75, 3.05) is 5.32 Å². The number of aryl methyl sites for hydroxylation is 1. The summed E-state index contributed by atoms with van der Waals surface area (Å²) in [6, 6.07) is 7.17. The van der Waals surface area contributed by atoms with Crippen molar-refractivity contribution in [2.45, 2.75) is 6.92 Å². The molecule has 0 aliphatic carbocycles. The smallest absolute Gasteiger partial charge is 0.260 e. The van der Waals surface area contributed by atoms with Gasteiger partial charge in [-0.1, -0.05) is 23.5 Å². The van der Waals surface area contributed by atoms with E-state index in [-0.39, 0.29) is 5.13 Å². The van der Waals surface area contributed by atoms with Gasteiger partial charge in [0.15, 0.2) is 22.6 Å². The van der Waals surface area contributed by atoms with Crippen molar-refractivity contribution in [3.8, 4) is 0 Å². The third-order valence-corrected chi connectivity index (χ3v) is 4.06. The van der Waals surface area contributed by atoms with Gasteiger partial charge in [-0.3, -0.25) is 10.1 Å². The number of carbonyl (C=O) groups excluding carboxylic acids is 1. The zero-order chi connectivity index (χ0) is 15.9. The van der Waals surface area contributed by atoms with Crippen LogP contribution >= 0.6 is 11.3 Å². The number of amides is 1. The molecule has 112 valence electrons. The van der Waals surface area contributed by atoms with E-state index in [1.165, 1.54) is 11.3 Å². The molecule has 1 aromatic heterocycles. The van der Waals surface area contributed by atoms with Crippen molar-refractivity contribution in [3.05, 3.63) is 58.9 Å². The van der Waals surface area contributed by atoms with E-state index >= 15 is 0 Å². The Hall–Kier alpha value is -2.41. The predicted octanol–water partition coefficient (Wildman–Crippen LogP) is 4.27. The summed E-state index contributed by atoms with van der Waals surface area (Å²) in [7, 11) is 0. The van der Waals surface area contributed by atoms with Crippen LogP contribution in [0.4, 0.5) is 18.3 Å². The second-order valence-electron chi connectivity index (χ2n) is 4.62. The number of halogens is 3. The van der Waals surface area contributed by atoms with Gasteiger partial charge in [0.2, 0.25) is 0 Å². The lowest BCUT2D eigenvalue weighted by Gasteiger charge is -2.04. The Morgan fingerprint density at radius 3 is 2.64 bits per heavy atom. The number of hydrogen-bond donors (Lipinski definition) is 1. The lowest BCUT2D eigenvalue weighted by molar-refractivity contribution is 0.102. The number of aromatic nitrogens is 1. The summed E-state index contributed by atoms with van der Waals surface area (Å²) < 4.78 is 40.5. The predicted molar refractivity (Wildman–Crippen MR) is 78.6 cm³/mol. The van der Waals surface area contributed by atoms with Gasteiger partial charge in [0.1, 0.15) is 0 Å². The first-order valence-electron chi connectivity index (χ1n) is 6.28. The zero-order valence-electron chi connectivity index (χ0n) is 11.3. The largest absolute Gasteiger partial charge is 0.298 e. The standard InChI is InChI=1S/C15H9F3N2OS/c1-7-3-2-4-10-13(7)19-15(22-10)20-14(21)8-5-6-9(16)12(18)11(8)17/h2-6H,1H3,(H,19,20,21). The minimum absolute atomic E-state index is 0.262. The maximum atomic E-state index is 13.6. The topological polar surface area (TPSA) is 42.0 Å². The second-order valence-corrected chi connectivity index (χ2v) is 5.65. The Morgan fingerprint density at radius 2 is 1.91 bits per heavy atom. The summed E-state index contributed by atoms with van der Waals surface area (Å²) in [5, 5.41) is 2.66. The van der Waals surface area contributed by atoms with Crippen LogP contribution in [0, 0.1) is 24.4 Å². The van der Waals surface area contributed by atoms with Crippen LogP contribution in [0.3, 0.4) is 0 Å². The number of para-hydroxylation sites is 1. The molecule has 2 aromatic carbocycles. The molecule has 3 aromatic rings. The molecule has 1 heterocycles. The zero-order valence-corrected chi connectivity index (χ0v) is 12.1. The normalized spacial score (nSPS) is 10.9. The highest BCUT2D eigenvalue weighted by Crippen LogP contribution is 2.28. The van der Waals surface area contributed by atoms with E-state index in [0.29, 0.717) is 6.07 Å². The van der Waals surface area contributed by atoms with Crippen molar-refractivity contribution in [2.24, 2.45) is 0 Å². The average Bonchev–Trinajstić information content (AvgIpc) is 2.88. The molecule has 0 fully saturated rings. The highest BCUT2D eigenvalue weighted by Gasteiger charge is 2.19. The minimum atomic E-state index is -1.67. The Bertz CT molecular complexity index is 892. The molecule has 0 unspecified atom stereocenters. The Labute approximate surface area is 127 Å². The molecular formula is C15H9F3N2OS. The Morgan fingerprint density at radius 1 is 1.14 bits per heavy atom. The van der Waals surface area contributed by atoms with Crippen LogP contribution in [-0.2, 0) is 0 Å². The maximum Gasteiger partial charge on any atom is 0.260 e. The van der Waals surface area contributed by atoms with Crippen LogP contribution in [0.5, 0.6) is 0 Å². The lowest BCUT2D eigenvalue weighted by Crippen LogP contribution is -2.15.